The van der Waals surface area contributed by atoms with E-state index in [2.05, 4.69) is 21.2 Å². The number of benzene rings is 2. The van der Waals surface area contributed by atoms with Gasteiger partial charge in [-0.15, -0.1) is 11.3 Å². The van der Waals surface area contributed by atoms with Crippen molar-refractivity contribution in [3.8, 4) is 11.4 Å². The Morgan fingerprint density at radius 1 is 1.06 bits per heavy atom. The van der Waals surface area contributed by atoms with Gasteiger partial charge in [0.2, 0.25) is 5.91 Å². The number of aromatic nitrogens is 2. The monoisotopic (exact) mass is 553 g/mol. The number of ether oxygens (including phenoxy) is 1. The number of nitrogens with one attached hydrogen (secondary N) is 1. The Morgan fingerprint density at radius 2 is 1.77 bits per heavy atom. The number of nitrogens with zero attached hydrogens (tertiary/aromatic N) is 2. The summed E-state index contributed by atoms with van der Waals surface area (Å²) in [4.78, 5) is 42.0. The van der Waals surface area contributed by atoms with Crippen molar-refractivity contribution in [2.45, 2.75) is 39.2 Å². The molecule has 0 saturated heterocycles. The summed E-state index contributed by atoms with van der Waals surface area (Å²) >= 11 is 4.84. The quantitative estimate of drug-likeness (QED) is 0.368. The number of anilines is 1. The Labute approximate surface area is 214 Å². The van der Waals surface area contributed by atoms with E-state index < -0.39 is 5.69 Å². The maximum absolute atomic E-state index is 13.7. The predicted octanol–water partition coefficient (Wildman–Crippen LogP) is 4.89. The number of carbonyl (C=O) groups is 1. The molecule has 1 aliphatic carbocycles. The lowest BCUT2D eigenvalue weighted by Gasteiger charge is -2.14. The number of carbonyl (C=O) groups excluding carboxylic acids is 1. The lowest BCUT2D eigenvalue weighted by molar-refractivity contribution is -0.116. The van der Waals surface area contributed by atoms with Crippen molar-refractivity contribution in [2.24, 2.45) is 0 Å². The first-order chi connectivity index (χ1) is 17.0. The Hall–Kier alpha value is -3.17. The van der Waals surface area contributed by atoms with Crippen LogP contribution in [-0.4, -0.2) is 21.6 Å². The van der Waals surface area contributed by atoms with Crippen molar-refractivity contribution in [3.05, 3.63) is 84.3 Å². The fraction of sp³-hybridized carbons (Fsp3) is 0.269. The molecule has 0 fully saturated rings. The molecule has 9 heteroatoms. The summed E-state index contributed by atoms with van der Waals surface area (Å²) in [6.45, 7) is 2.22. The van der Waals surface area contributed by atoms with Crippen LogP contribution >= 0.6 is 27.3 Å². The molecule has 5 rings (SSSR count). The number of hydrogen-bond donors (Lipinski definition) is 1. The molecule has 0 radical (unpaired) electrons. The second kappa shape index (κ2) is 9.83. The minimum Gasteiger partial charge on any atom is -0.494 e. The zero-order valence-electron chi connectivity index (χ0n) is 19.2. The van der Waals surface area contributed by atoms with E-state index in [4.69, 9.17) is 4.74 Å². The van der Waals surface area contributed by atoms with Crippen molar-refractivity contribution < 1.29 is 9.53 Å². The van der Waals surface area contributed by atoms with E-state index in [1.165, 1.54) is 20.5 Å². The van der Waals surface area contributed by atoms with E-state index >= 15 is 0 Å². The number of aryl methyl sites for hydroxylation is 2. The van der Waals surface area contributed by atoms with Crippen LogP contribution < -0.4 is 21.3 Å². The molecule has 35 heavy (non-hydrogen) atoms. The van der Waals surface area contributed by atoms with Gasteiger partial charge in [0.25, 0.3) is 5.56 Å². The number of fused-ring (bicyclic) bond motifs is 3. The lowest BCUT2D eigenvalue weighted by Crippen LogP contribution is -2.40. The van der Waals surface area contributed by atoms with Gasteiger partial charge in [-0.2, -0.15) is 0 Å². The molecular formula is C26H24BrN3O4S. The normalized spacial score (nSPS) is 13.0. The molecule has 7 nitrogen and oxygen atoms in total. The van der Waals surface area contributed by atoms with Crippen molar-refractivity contribution in [1.82, 2.24) is 9.13 Å². The summed E-state index contributed by atoms with van der Waals surface area (Å²) in [5, 5.41) is 3.40. The highest BCUT2D eigenvalue weighted by atomic mass is 79.9. The minimum atomic E-state index is -0.531. The van der Waals surface area contributed by atoms with Gasteiger partial charge in [0.1, 0.15) is 17.1 Å². The van der Waals surface area contributed by atoms with Crippen molar-refractivity contribution >= 4 is 49.1 Å². The maximum atomic E-state index is 13.7. The van der Waals surface area contributed by atoms with Gasteiger partial charge in [-0.3, -0.25) is 14.2 Å². The topological polar surface area (TPSA) is 82.3 Å². The Kier molecular flexibility index (Phi) is 6.62. The van der Waals surface area contributed by atoms with E-state index in [1.54, 1.807) is 36.4 Å². The number of amides is 1. The van der Waals surface area contributed by atoms with Crippen molar-refractivity contribution in [2.75, 3.05) is 11.9 Å². The third-order valence-electron chi connectivity index (χ3n) is 6.07. The van der Waals surface area contributed by atoms with Gasteiger partial charge in [-0.05, 0) is 86.7 Å². The average Bonchev–Trinajstić information content (AvgIpc) is 3.24. The highest BCUT2D eigenvalue weighted by Gasteiger charge is 2.25. The largest absolute Gasteiger partial charge is 0.494 e. The molecule has 0 unspecified atom stereocenters. The van der Waals surface area contributed by atoms with Crippen molar-refractivity contribution in [3.63, 3.8) is 0 Å². The summed E-state index contributed by atoms with van der Waals surface area (Å²) < 4.78 is 9.02. The van der Waals surface area contributed by atoms with Gasteiger partial charge < -0.3 is 10.1 Å². The average molecular weight is 554 g/mol. The summed E-state index contributed by atoms with van der Waals surface area (Å²) in [7, 11) is 0. The van der Waals surface area contributed by atoms with E-state index in [9.17, 15) is 14.4 Å². The first-order valence-electron chi connectivity index (χ1n) is 11.5. The van der Waals surface area contributed by atoms with Crippen LogP contribution in [0.25, 0.3) is 15.9 Å². The highest BCUT2D eigenvalue weighted by Crippen LogP contribution is 2.34. The molecule has 4 aromatic rings. The van der Waals surface area contributed by atoms with Gasteiger partial charge in [0.15, 0.2) is 0 Å². The Morgan fingerprint density at radius 3 is 2.49 bits per heavy atom. The van der Waals surface area contributed by atoms with E-state index in [0.717, 1.165) is 40.6 Å². The number of hydrogen-bond acceptors (Lipinski definition) is 5. The summed E-state index contributed by atoms with van der Waals surface area (Å²) in [6.07, 6.45) is 3.75. The standard InChI is InChI=1S/C26H24BrN3O4S/c1-2-34-19-13-11-18(12-14-19)30-24(32)23-20-5-3-4-6-21(20)35-25(23)29(26(30)33)15-22(31)28-17-9-7-16(27)8-10-17/h7-14H,2-6,15H2,1H3,(H,28,31). The molecule has 1 aliphatic rings. The van der Waals surface area contributed by atoms with Gasteiger partial charge in [-0.25, -0.2) is 9.36 Å². The van der Waals surface area contributed by atoms with Crippen LogP contribution in [0.1, 0.15) is 30.2 Å². The first-order valence-corrected chi connectivity index (χ1v) is 13.2. The predicted molar refractivity (Wildman–Crippen MR) is 142 cm³/mol. The Balaban J connectivity index is 1.63. The molecule has 2 aromatic heterocycles. The fourth-order valence-corrected chi connectivity index (χ4v) is 6.11. The molecule has 2 aromatic carbocycles. The van der Waals surface area contributed by atoms with Crippen LogP contribution in [0.15, 0.2) is 62.6 Å². The third kappa shape index (κ3) is 4.58. The molecule has 0 bridgehead atoms. The second-order valence-corrected chi connectivity index (χ2v) is 10.4. The lowest BCUT2D eigenvalue weighted by atomic mass is 9.97. The van der Waals surface area contributed by atoms with Crippen molar-refractivity contribution in [1.29, 1.82) is 0 Å². The zero-order chi connectivity index (χ0) is 24.5. The zero-order valence-corrected chi connectivity index (χ0v) is 21.6. The molecule has 0 aliphatic heterocycles. The molecule has 1 N–H and O–H groups in total. The molecule has 0 spiro atoms. The van der Waals surface area contributed by atoms with Crippen LogP contribution in [-0.2, 0) is 24.2 Å². The fourth-order valence-electron chi connectivity index (χ4n) is 4.47. The van der Waals surface area contributed by atoms with Crippen LogP contribution in [0, 0.1) is 0 Å². The molecule has 2 heterocycles. The molecular weight excluding hydrogens is 530 g/mol. The van der Waals surface area contributed by atoms with E-state index in [1.807, 2.05) is 19.1 Å². The smallest absolute Gasteiger partial charge is 0.337 e. The second-order valence-electron chi connectivity index (χ2n) is 8.38. The first kappa shape index (κ1) is 23.6. The number of thiophene rings is 1. The van der Waals surface area contributed by atoms with Crippen LogP contribution in [0.5, 0.6) is 5.75 Å². The summed E-state index contributed by atoms with van der Waals surface area (Å²) in [5.41, 5.74) is 1.23. The van der Waals surface area contributed by atoms with E-state index in [0.29, 0.717) is 33.9 Å². The molecule has 1 amide bonds. The third-order valence-corrected chi connectivity index (χ3v) is 7.92. The van der Waals surface area contributed by atoms with Gasteiger partial charge >= 0.3 is 5.69 Å². The number of halogens is 1. The van der Waals surface area contributed by atoms with Crippen LogP contribution in [0.3, 0.4) is 0 Å². The molecule has 180 valence electrons. The number of rotatable bonds is 6. The van der Waals surface area contributed by atoms with Gasteiger partial charge in [0, 0.05) is 15.0 Å². The van der Waals surface area contributed by atoms with E-state index in [-0.39, 0.29) is 18.0 Å². The Bertz CT molecular complexity index is 1520. The van der Waals surface area contributed by atoms with Crippen LogP contribution in [0.4, 0.5) is 5.69 Å². The SMILES string of the molecule is CCOc1ccc(-n2c(=O)c3c4c(sc3n(CC(=O)Nc3ccc(Br)cc3)c2=O)CCCC4)cc1. The van der Waals surface area contributed by atoms with Gasteiger partial charge in [-0.1, -0.05) is 15.9 Å². The minimum absolute atomic E-state index is 0.192. The highest BCUT2D eigenvalue weighted by molar-refractivity contribution is 9.10. The summed E-state index contributed by atoms with van der Waals surface area (Å²) in [6, 6.07) is 14.1. The molecule has 0 atom stereocenters. The molecule has 0 saturated carbocycles. The summed E-state index contributed by atoms with van der Waals surface area (Å²) in [5.74, 6) is 0.325. The van der Waals surface area contributed by atoms with Gasteiger partial charge in [0.05, 0.1) is 17.7 Å². The van der Waals surface area contributed by atoms with Crippen LogP contribution in [0.2, 0.25) is 0 Å². The maximum Gasteiger partial charge on any atom is 0.337 e.